The molecule has 0 atom stereocenters. The number of likely N-dealkylation sites (tertiary alicyclic amines) is 1. The van der Waals surface area contributed by atoms with E-state index < -0.39 is 0 Å². The molecular weight excluding hydrogens is 268 g/mol. The smallest absolute Gasteiger partial charge is 0.222 e. The molecule has 3 nitrogen and oxygen atoms in total. The lowest BCUT2D eigenvalue weighted by Crippen LogP contribution is -2.40. The maximum Gasteiger partial charge on any atom is 0.222 e. The molecule has 2 rings (SSSR count). The molecule has 112 valence electrons. The third kappa shape index (κ3) is 4.60. The third-order valence-corrected chi connectivity index (χ3v) is 5.13. The second-order valence-electron chi connectivity index (χ2n) is 5.75. The molecule has 0 spiro atoms. The Balaban J connectivity index is 1.65. The Morgan fingerprint density at radius 1 is 1.40 bits per heavy atom. The number of hydrogen-bond donors (Lipinski definition) is 1. The number of thiophene rings is 1. The van der Waals surface area contributed by atoms with E-state index in [0.717, 1.165) is 51.2 Å². The Morgan fingerprint density at radius 2 is 2.15 bits per heavy atom. The molecule has 0 aromatic carbocycles. The summed E-state index contributed by atoms with van der Waals surface area (Å²) >= 11 is 1.85. The molecular formula is C16H26N2OS. The molecule has 20 heavy (non-hydrogen) atoms. The fourth-order valence-electron chi connectivity index (χ4n) is 2.87. The lowest BCUT2D eigenvalue weighted by molar-refractivity contribution is -0.132. The molecule has 1 N–H and O–H groups in total. The van der Waals surface area contributed by atoms with Crippen LogP contribution in [0, 0.1) is 12.8 Å². The van der Waals surface area contributed by atoms with Crippen LogP contribution in [0.25, 0.3) is 0 Å². The van der Waals surface area contributed by atoms with Gasteiger partial charge in [-0.05, 0) is 64.3 Å². The summed E-state index contributed by atoms with van der Waals surface area (Å²) in [5, 5.41) is 3.23. The van der Waals surface area contributed by atoms with Gasteiger partial charge in [0.2, 0.25) is 5.91 Å². The Bertz CT molecular complexity index is 422. The van der Waals surface area contributed by atoms with Gasteiger partial charge in [0.15, 0.2) is 0 Å². The average Bonchev–Trinajstić information content (AvgIpc) is 2.85. The standard InChI is InChI=1S/C16H26N2OS/c1-13-6-7-15(20-13)4-3-5-16(19)18-10-8-14(9-11-18)12-17-2/h6-7,14,17H,3-5,8-12H2,1-2H3. The van der Waals surface area contributed by atoms with Crippen LogP contribution in [0.15, 0.2) is 12.1 Å². The fourth-order valence-corrected chi connectivity index (χ4v) is 3.80. The average molecular weight is 294 g/mol. The molecule has 1 amide bonds. The highest BCUT2D eigenvalue weighted by molar-refractivity contribution is 7.11. The zero-order chi connectivity index (χ0) is 14.4. The first-order chi connectivity index (χ1) is 9.69. The highest BCUT2D eigenvalue weighted by Gasteiger charge is 2.21. The number of carbonyl (C=O) groups excluding carboxylic acids is 1. The van der Waals surface area contributed by atoms with Crippen LogP contribution in [0.3, 0.4) is 0 Å². The summed E-state index contributed by atoms with van der Waals surface area (Å²) in [4.78, 5) is 17.0. The largest absolute Gasteiger partial charge is 0.343 e. The zero-order valence-corrected chi connectivity index (χ0v) is 13.5. The lowest BCUT2D eigenvalue weighted by atomic mass is 9.96. The maximum absolute atomic E-state index is 12.2. The van der Waals surface area contributed by atoms with Gasteiger partial charge in [-0.2, -0.15) is 0 Å². The molecule has 0 unspecified atom stereocenters. The normalized spacial score (nSPS) is 16.6. The number of hydrogen-bond acceptors (Lipinski definition) is 3. The molecule has 1 aliphatic rings. The minimum atomic E-state index is 0.348. The number of piperidine rings is 1. The molecule has 0 bridgehead atoms. The quantitative estimate of drug-likeness (QED) is 0.875. The van der Waals surface area contributed by atoms with Gasteiger partial charge in [0.05, 0.1) is 0 Å². The van der Waals surface area contributed by atoms with Crippen molar-refractivity contribution in [2.75, 3.05) is 26.7 Å². The van der Waals surface area contributed by atoms with Gasteiger partial charge in [-0.1, -0.05) is 0 Å². The van der Waals surface area contributed by atoms with Crippen molar-refractivity contribution in [3.63, 3.8) is 0 Å². The summed E-state index contributed by atoms with van der Waals surface area (Å²) in [5.41, 5.74) is 0. The van der Waals surface area contributed by atoms with Crippen molar-refractivity contribution < 1.29 is 4.79 Å². The van der Waals surface area contributed by atoms with Gasteiger partial charge < -0.3 is 10.2 Å². The van der Waals surface area contributed by atoms with E-state index in [0.29, 0.717) is 12.3 Å². The Labute approximate surface area is 126 Å². The number of rotatable bonds is 6. The van der Waals surface area contributed by atoms with Crippen LogP contribution in [0.5, 0.6) is 0 Å². The first kappa shape index (κ1) is 15.5. The summed E-state index contributed by atoms with van der Waals surface area (Å²) in [7, 11) is 2.00. The monoisotopic (exact) mass is 294 g/mol. The number of amides is 1. The van der Waals surface area contributed by atoms with E-state index in [4.69, 9.17) is 0 Å². The first-order valence-electron chi connectivity index (χ1n) is 7.66. The van der Waals surface area contributed by atoms with Gasteiger partial charge >= 0.3 is 0 Å². The summed E-state index contributed by atoms with van der Waals surface area (Å²) in [6.07, 6.45) is 5.02. The summed E-state index contributed by atoms with van der Waals surface area (Å²) in [5.74, 6) is 1.10. The summed E-state index contributed by atoms with van der Waals surface area (Å²) in [6, 6.07) is 4.35. The van der Waals surface area contributed by atoms with Crippen molar-refractivity contribution in [1.82, 2.24) is 10.2 Å². The van der Waals surface area contributed by atoms with Crippen LogP contribution in [0.1, 0.15) is 35.4 Å². The van der Waals surface area contributed by atoms with Gasteiger partial charge in [0.1, 0.15) is 0 Å². The van der Waals surface area contributed by atoms with E-state index >= 15 is 0 Å². The Morgan fingerprint density at radius 3 is 2.75 bits per heavy atom. The lowest BCUT2D eigenvalue weighted by Gasteiger charge is -2.32. The first-order valence-corrected chi connectivity index (χ1v) is 8.48. The van der Waals surface area contributed by atoms with E-state index in [1.807, 2.05) is 18.4 Å². The van der Waals surface area contributed by atoms with Gasteiger partial charge in [-0.3, -0.25) is 4.79 Å². The molecule has 0 saturated carbocycles. The summed E-state index contributed by atoms with van der Waals surface area (Å²) < 4.78 is 0. The number of carbonyl (C=O) groups is 1. The molecule has 1 fully saturated rings. The van der Waals surface area contributed by atoms with Gasteiger partial charge in [-0.25, -0.2) is 0 Å². The van der Waals surface area contributed by atoms with Crippen LogP contribution in [0.2, 0.25) is 0 Å². The molecule has 1 saturated heterocycles. The van der Waals surface area contributed by atoms with Crippen molar-refractivity contribution in [1.29, 1.82) is 0 Å². The SMILES string of the molecule is CNCC1CCN(C(=O)CCCc2ccc(C)s2)CC1. The van der Waals surface area contributed by atoms with Crippen LogP contribution >= 0.6 is 11.3 Å². The molecule has 1 aromatic rings. The van der Waals surface area contributed by atoms with Crippen LogP contribution in [-0.2, 0) is 11.2 Å². The predicted octanol–water partition coefficient (Wildman–Crippen LogP) is 2.84. The molecule has 1 aromatic heterocycles. The molecule has 4 heteroatoms. The minimum Gasteiger partial charge on any atom is -0.343 e. The molecule has 2 heterocycles. The van der Waals surface area contributed by atoms with Crippen LogP contribution in [-0.4, -0.2) is 37.5 Å². The maximum atomic E-state index is 12.2. The fraction of sp³-hybridized carbons (Fsp3) is 0.688. The Kier molecular flexibility index (Phi) is 6.05. The highest BCUT2D eigenvalue weighted by atomic mass is 32.1. The van der Waals surface area contributed by atoms with Crippen molar-refractivity contribution in [2.45, 2.75) is 39.0 Å². The van der Waals surface area contributed by atoms with Crippen LogP contribution < -0.4 is 5.32 Å². The van der Waals surface area contributed by atoms with Crippen LogP contribution in [0.4, 0.5) is 0 Å². The van der Waals surface area contributed by atoms with Gasteiger partial charge in [0, 0.05) is 29.3 Å². The number of nitrogens with zero attached hydrogens (tertiary/aromatic N) is 1. The molecule has 0 aliphatic carbocycles. The predicted molar refractivity (Wildman–Crippen MR) is 85.2 cm³/mol. The van der Waals surface area contributed by atoms with E-state index in [9.17, 15) is 4.79 Å². The zero-order valence-electron chi connectivity index (χ0n) is 12.7. The topological polar surface area (TPSA) is 32.3 Å². The van der Waals surface area contributed by atoms with Gasteiger partial charge in [-0.15, -0.1) is 11.3 Å². The number of nitrogens with one attached hydrogen (secondary N) is 1. The summed E-state index contributed by atoms with van der Waals surface area (Å²) in [6.45, 7) is 5.11. The van der Waals surface area contributed by atoms with E-state index in [2.05, 4.69) is 29.3 Å². The van der Waals surface area contributed by atoms with Crippen molar-refractivity contribution >= 4 is 17.2 Å². The van der Waals surface area contributed by atoms with Crippen molar-refractivity contribution in [2.24, 2.45) is 5.92 Å². The van der Waals surface area contributed by atoms with E-state index in [1.54, 1.807) is 0 Å². The van der Waals surface area contributed by atoms with E-state index in [-0.39, 0.29) is 0 Å². The Hall–Kier alpha value is -0.870. The van der Waals surface area contributed by atoms with Crippen molar-refractivity contribution in [3.05, 3.63) is 21.9 Å². The molecule has 0 radical (unpaired) electrons. The molecule has 1 aliphatic heterocycles. The highest BCUT2D eigenvalue weighted by Crippen LogP contribution is 2.19. The third-order valence-electron chi connectivity index (χ3n) is 4.07. The minimum absolute atomic E-state index is 0.348. The van der Waals surface area contributed by atoms with E-state index in [1.165, 1.54) is 9.75 Å². The number of aryl methyl sites for hydroxylation is 2. The second kappa shape index (κ2) is 7.79. The second-order valence-corrected chi connectivity index (χ2v) is 7.12. The van der Waals surface area contributed by atoms with Gasteiger partial charge in [0.25, 0.3) is 0 Å². The van der Waals surface area contributed by atoms with Crippen molar-refractivity contribution in [3.8, 4) is 0 Å².